The van der Waals surface area contributed by atoms with Crippen LogP contribution in [0.2, 0.25) is 0 Å². The van der Waals surface area contributed by atoms with Crippen LogP contribution in [0, 0.1) is 0 Å². The van der Waals surface area contributed by atoms with Crippen molar-refractivity contribution in [1.29, 1.82) is 0 Å². The first kappa shape index (κ1) is 37.3. The zero-order valence-electron chi connectivity index (χ0n) is 23.2. The van der Waals surface area contributed by atoms with Gasteiger partial charge in [-0.3, -0.25) is 0 Å². The van der Waals surface area contributed by atoms with Gasteiger partial charge in [0.2, 0.25) is 0 Å². The Balaban J connectivity index is 5.30. The third-order valence-corrected chi connectivity index (χ3v) is 4.77. The highest BCUT2D eigenvalue weighted by molar-refractivity contribution is 5.87. The topological polar surface area (TPSA) is 208 Å². The Kier molecular flexibility index (Phi) is 18.9. The molecule has 14 nitrogen and oxygen atoms in total. The lowest BCUT2D eigenvalue weighted by molar-refractivity contribution is -0.177. The molecule has 0 rings (SSSR count). The van der Waals surface area contributed by atoms with Crippen molar-refractivity contribution in [2.75, 3.05) is 52.9 Å². The monoisotopic (exact) mass is 578 g/mol. The summed E-state index contributed by atoms with van der Waals surface area (Å²) in [4.78, 5) is 34.6. The fourth-order valence-electron chi connectivity index (χ4n) is 2.61. The average molecular weight is 579 g/mol. The highest BCUT2D eigenvalue weighted by Crippen LogP contribution is 2.13. The van der Waals surface area contributed by atoms with E-state index in [0.717, 1.165) is 0 Å². The number of aliphatic hydroxyl groups is 5. The molecule has 0 radical (unpaired) electrons. The van der Waals surface area contributed by atoms with Gasteiger partial charge in [-0.2, -0.15) is 0 Å². The van der Waals surface area contributed by atoms with E-state index in [4.69, 9.17) is 28.4 Å². The largest absolute Gasteiger partial charge is 0.460 e. The summed E-state index contributed by atoms with van der Waals surface area (Å²) in [6, 6.07) is 0. The molecule has 0 aliphatic carbocycles. The van der Waals surface area contributed by atoms with Crippen molar-refractivity contribution in [2.45, 2.75) is 57.4 Å². The normalized spacial score (nSPS) is 15.6. The summed E-state index contributed by atoms with van der Waals surface area (Å²) < 4.78 is 31.1. The van der Waals surface area contributed by atoms with Gasteiger partial charge in [0.15, 0.2) is 0 Å². The maximum absolute atomic E-state index is 11.5. The molecule has 6 atom stereocenters. The fraction of sp³-hybridized carbons (Fsp3) is 0.654. The molecule has 5 N–H and O–H groups in total. The molecule has 40 heavy (non-hydrogen) atoms. The average Bonchev–Trinajstić information content (AvgIpc) is 2.90. The fourth-order valence-corrected chi connectivity index (χ4v) is 2.61. The molecule has 3 unspecified atom stereocenters. The Labute approximate surface area is 233 Å². The van der Waals surface area contributed by atoms with Crippen LogP contribution in [0.25, 0.3) is 0 Å². The molecule has 0 amide bonds. The summed E-state index contributed by atoms with van der Waals surface area (Å²) in [7, 11) is 0. The number of ether oxygens (including phenoxy) is 6. The van der Waals surface area contributed by atoms with Crippen LogP contribution in [0.3, 0.4) is 0 Å². The van der Waals surface area contributed by atoms with E-state index in [9.17, 15) is 39.9 Å². The minimum atomic E-state index is -1.56. The molecule has 0 saturated carbocycles. The van der Waals surface area contributed by atoms with Crippen molar-refractivity contribution < 1.29 is 68.3 Å². The van der Waals surface area contributed by atoms with E-state index in [1.165, 1.54) is 20.8 Å². The summed E-state index contributed by atoms with van der Waals surface area (Å²) in [6.45, 7) is 10.9. The molecule has 0 bridgehead atoms. The molecule has 14 heteroatoms. The van der Waals surface area contributed by atoms with E-state index in [2.05, 4.69) is 19.7 Å². The van der Waals surface area contributed by atoms with Crippen LogP contribution >= 0.6 is 0 Å². The van der Waals surface area contributed by atoms with E-state index in [0.29, 0.717) is 0 Å². The second-order valence-corrected chi connectivity index (χ2v) is 9.05. The number of aliphatic hydroxyl groups excluding tert-OH is 5. The van der Waals surface area contributed by atoms with Crippen molar-refractivity contribution >= 4 is 17.9 Å². The Morgan fingerprint density at radius 2 is 0.975 bits per heavy atom. The van der Waals surface area contributed by atoms with Gasteiger partial charge in [0.05, 0.1) is 33.0 Å². The van der Waals surface area contributed by atoms with Crippen LogP contribution in [-0.2, 0) is 42.8 Å². The maximum Gasteiger partial charge on any atom is 0.333 e. The lowest BCUT2D eigenvalue weighted by atomic mass is 10.1. The van der Waals surface area contributed by atoms with E-state index in [-0.39, 0.29) is 29.9 Å². The molecule has 0 aromatic carbocycles. The van der Waals surface area contributed by atoms with Crippen molar-refractivity contribution in [1.82, 2.24) is 0 Å². The standard InChI is InChI=1S/C26H42O14/c1-15(2)24(32)38-11-18(28)8-35-14-22(36-9-19(29)12-39-25(33)16(3)4)23(21(31)7-27)37-10-20(30)13-40-26(34)17(5)6/h18-23,27-31H,1,3,5,7-14H2,2,4,6H3/t18?,19?,20?,21-,22+,23+/m1/s1. The number of carbonyl (C=O) groups excluding carboxylic acids is 3. The minimum absolute atomic E-state index is 0.122. The van der Waals surface area contributed by atoms with Gasteiger partial charge in [-0.1, -0.05) is 19.7 Å². The molecule has 0 aromatic heterocycles. The predicted octanol–water partition coefficient (Wildman–Crippen LogP) is -1.43. The van der Waals surface area contributed by atoms with E-state index < -0.39 is 94.2 Å². The number of carbonyl (C=O) groups is 3. The van der Waals surface area contributed by atoms with Gasteiger partial charge in [0.25, 0.3) is 0 Å². The van der Waals surface area contributed by atoms with Gasteiger partial charge in [-0.25, -0.2) is 14.4 Å². The molecular formula is C26H42O14. The molecule has 0 heterocycles. The third kappa shape index (κ3) is 16.4. The first-order valence-corrected chi connectivity index (χ1v) is 12.3. The van der Waals surface area contributed by atoms with Crippen molar-refractivity contribution in [2.24, 2.45) is 0 Å². The van der Waals surface area contributed by atoms with Crippen molar-refractivity contribution in [3.63, 3.8) is 0 Å². The van der Waals surface area contributed by atoms with Gasteiger partial charge in [-0.05, 0) is 20.8 Å². The van der Waals surface area contributed by atoms with Crippen LogP contribution in [0.5, 0.6) is 0 Å². The van der Waals surface area contributed by atoms with Crippen LogP contribution in [-0.4, -0.2) is 133 Å². The minimum Gasteiger partial charge on any atom is -0.460 e. The first-order chi connectivity index (χ1) is 18.7. The van der Waals surface area contributed by atoms with E-state index in [1.807, 2.05) is 0 Å². The molecule has 0 fully saturated rings. The highest BCUT2D eigenvalue weighted by Gasteiger charge is 2.32. The SMILES string of the molecule is C=C(C)C(=O)OCC(O)COC[C@H](OCC(O)COC(=O)C(=C)C)[C@@H](OCC(O)COC(=O)C(=C)C)[C@H](O)CO. The maximum atomic E-state index is 11.5. The summed E-state index contributed by atoms with van der Waals surface area (Å²) in [5, 5.41) is 50.2. The smallest absolute Gasteiger partial charge is 0.333 e. The Hall–Kier alpha value is -2.69. The van der Waals surface area contributed by atoms with Gasteiger partial charge in [0.1, 0.15) is 56.4 Å². The lowest BCUT2D eigenvalue weighted by Gasteiger charge is -2.31. The number of esters is 3. The number of hydrogen-bond acceptors (Lipinski definition) is 14. The Morgan fingerprint density at radius 3 is 1.35 bits per heavy atom. The summed E-state index contributed by atoms with van der Waals surface area (Å²) in [6.07, 6.45) is -7.97. The Morgan fingerprint density at radius 1 is 0.600 bits per heavy atom. The lowest BCUT2D eigenvalue weighted by Crippen LogP contribution is -2.48. The summed E-state index contributed by atoms with van der Waals surface area (Å²) >= 11 is 0. The molecular weight excluding hydrogens is 536 g/mol. The zero-order chi connectivity index (χ0) is 30.8. The first-order valence-electron chi connectivity index (χ1n) is 12.3. The van der Waals surface area contributed by atoms with Crippen LogP contribution in [0.1, 0.15) is 20.8 Å². The van der Waals surface area contributed by atoms with Crippen LogP contribution in [0.15, 0.2) is 36.5 Å². The number of rotatable bonds is 22. The third-order valence-electron chi connectivity index (χ3n) is 4.77. The molecule has 0 saturated heterocycles. The van der Waals surface area contributed by atoms with Gasteiger partial charge >= 0.3 is 17.9 Å². The molecule has 0 aromatic rings. The van der Waals surface area contributed by atoms with Crippen molar-refractivity contribution in [3.05, 3.63) is 36.5 Å². The highest BCUT2D eigenvalue weighted by atomic mass is 16.6. The molecule has 0 aliphatic heterocycles. The molecule has 230 valence electrons. The predicted molar refractivity (Wildman–Crippen MR) is 139 cm³/mol. The quantitative estimate of drug-likeness (QED) is 0.0567. The van der Waals surface area contributed by atoms with Crippen LogP contribution < -0.4 is 0 Å². The summed E-state index contributed by atoms with van der Waals surface area (Å²) in [5.74, 6) is -2.15. The second-order valence-electron chi connectivity index (χ2n) is 9.05. The van der Waals surface area contributed by atoms with Gasteiger partial charge in [-0.15, -0.1) is 0 Å². The summed E-state index contributed by atoms with van der Waals surface area (Å²) in [5.41, 5.74) is 0.388. The Bertz CT molecular complexity index is 841. The zero-order valence-corrected chi connectivity index (χ0v) is 23.2. The van der Waals surface area contributed by atoms with Crippen molar-refractivity contribution in [3.8, 4) is 0 Å². The second kappa shape index (κ2) is 20.2. The van der Waals surface area contributed by atoms with E-state index >= 15 is 0 Å². The van der Waals surface area contributed by atoms with Gasteiger partial charge in [0, 0.05) is 16.7 Å². The van der Waals surface area contributed by atoms with Gasteiger partial charge < -0.3 is 54.0 Å². The molecule has 0 aliphatic rings. The van der Waals surface area contributed by atoms with Crippen LogP contribution in [0.4, 0.5) is 0 Å². The molecule has 0 spiro atoms. The van der Waals surface area contributed by atoms with E-state index in [1.54, 1.807) is 0 Å². The number of hydrogen-bond donors (Lipinski definition) is 5.